The van der Waals surface area contributed by atoms with E-state index >= 15 is 0 Å². The third kappa shape index (κ3) is 11.9. The molecule has 0 aliphatic carbocycles. The highest BCUT2D eigenvalue weighted by Gasteiger charge is 2.27. The fourth-order valence-corrected chi connectivity index (χ4v) is 7.53. The maximum absolute atomic E-state index is 13.8. The second-order valence-electron chi connectivity index (χ2n) is 15.2. The Kier molecular flexibility index (Phi) is 15.6. The molecule has 6 N–H and O–H groups in total. The Bertz CT molecular complexity index is 2270. The van der Waals surface area contributed by atoms with Gasteiger partial charge in [0.25, 0.3) is 35.4 Å². The number of hydrogen-bond donors (Lipinski definition) is 6. The molecule has 0 aliphatic rings. The van der Waals surface area contributed by atoms with Crippen LogP contribution in [0.4, 0.5) is 0 Å². The summed E-state index contributed by atoms with van der Waals surface area (Å²) in [5, 5.41) is 18.3. The van der Waals surface area contributed by atoms with Gasteiger partial charge in [0.1, 0.15) is 0 Å². The standard InChI is InChI=1S/C54H48N6O6/c61-49(37-19-7-1-8-20-37)55-31-43-44(32-56-50(62)38-21-9-2-10-22-38)46(34-58-52(64)40-25-13-4-14-26-40)48(36-60-54(66)42-29-17-6-18-30-42)47(35-59-53(65)41-27-15-5-16-28-41)45(43)33-57-51(63)39-23-11-3-12-24-39/h1-30H,31-36H2,(H,55,61)(H,56,62)(H,57,63)(H,58,64)(H,59,65)(H,60,66). The largest absolute Gasteiger partial charge is 0.348 e. The van der Waals surface area contributed by atoms with E-state index in [2.05, 4.69) is 31.9 Å². The minimum Gasteiger partial charge on any atom is -0.348 e. The van der Waals surface area contributed by atoms with Crippen molar-refractivity contribution < 1.29 is 28.8 Å². The highest BCUT2D eigenvalue weighted by atomic mass is 16.2. The van der Waals surface area contributed by atoms with Gasteiger partial charge in [0.15, 0.2) is 0 Å². The van der Waals surface area contributed by atoms with Crippen LogP contribution in [0.15, 0.2) is 182 Å². The van der Waals surface area contributed by atoms with Crippen LogP contribution in [0, 0.1) is 0 Å². The highest BCUT2D eigenvalue weighted by molar-refractivity contribution is 5.97. The summed E-state index contributed by atoms with van der Waals surface area (Å²) in [6, 6.07) is 52.1. The Morgan fingerprint density at radius 1 is 0.212 bits per heavy atom. The quantitative estimate of drug-likeness (QED) is 0.0529. The average Bonchev–Trinajstić information content (AvgIpc) is 3.38. The van der Waals surface area contributed by atoms with E-state index in [4.69, 9.17) is 0 Å². The molecule has 7 rings (SSSR count). The minimum atomic E-state index is -0.383. The van der Waals surface area contributed by atoms with E-state index in [-0.39, 0.29) is 74.7 Å². The molecule has 0 saturated carbocycles. The molecule has 7 aromatic carbocycles. The first-order valence-electron chi connectivity index (χ1n) is 21.4. The first kappa shape index (κ1) is 45.4. The van der Waals surface area contributed by atoms with Crippen molar-refractivity contribution in [1.82, 2.24) is 31.9 Å². The van der Waals surface area contributed by atoms with Gasteiger partial charge in [0.05, 0.1) is 0 Å². The molecule has 12 heteroatoms. The Balaban J connectivity index is 1.43. The lowest BCUT2D eigenvalue weighted by molar-refractivity contribution is 0.0935. The van der Waals surface area contributed by atoms with Crippen molar-refractivity contribution in [3.05, 3.63) is 249 Å². The van der Waals surface area contributed by atoms with Gasteiger partial charge in [-0.1, -0.05) is 109 Å². The molecule has 0 heterocycles. The van der Waals surface area contributed by atoms with Crippen molar-refractivity contribution in [1.29, 1.82) is 0 Å². The van der Waals surface area contributed by atoms with E-state index < -0.39 is 0 Å². The number of nitrogens with one attached hydrogen (secondary N) is 6. The maximum atomic E-state index is 13.8. The summed E-state index contributed by atoms with van der Waals surface area (Å²) in [6.07, 6.45) is 0. The fraction of sp³-hybridized carbons (Fsp3) is 0.111. The summed E-state index contributed by atoms with van der Waals surface area (Å²) in [7, 11) is 0. The predicted octanol–water partition coefficient (Wildman–Crippen LogP) is 7.27. The average molecular weight is 877 g/mol. The fourth-order valence-electron chi connectivity index (χ4n) is 7.53. The zero-order chi connectivity index (χ0) is 46.1. The molecule has 0 spiro atoms. The van der Waals surface area contributed by atoms with Gasteiger partial charge in [-0.3, -0.25) is 28.8 Å². The van der Waals surface area contributed by atoms with Gasteiger partial charge in [-0.05, 0) is 106 Å². The molecular formula is C54H48N6O6. The van der Waals surface area contributed by atoms with E-state index in [9.17, 15) is 28.8 Å². The molecule has 0 unspecified atom stereocenters. The molecule has 0 aromatic heterocycles. The van der Waals surface area contributed by atoms with E-state index in [1.807, 2.05) is 0 Å². The van der Waals surface area contributed by atoms with Gasteiger partial charge < -0.3 is 31.9 Å². The number of amides is 6. The summed E-state index contributed by atoms with van der Waals surface area (Å²) < 4.78 is 0. The van der Waals surface area contributed by atoms with Gasteiger partial charge in [0, 0.05) is 72.6 Å². The summed E-state index contributed by atoms with van der Waals surface area (Å²) in [4.78, 5) is 82.9. The van der Waals surface area contributed by atoms with E-state index in [0.29, 0.717) is 66.8 Å². The van der Waals surface area contributed by atoms with Crippen molar-refractivity contribution in [2.75, 3.05) is 0 Å². The van der Waals surface area contributed by atoms with Crippen LogP contribution < -0.4 is 31.9 Å². The van der Waals surface area contributed by atoms with Crippen LogP contribution in [-0.4, -0.2) is 35.4 Å². The molecular weight excluding hydrogens is 829 g/mol. The van der Waals surface area contributed by atoms with E-state index in [1.165, 1.54) is 0 Å². The highest BCUT2D eigenvalue weighted by Crippen LogP contribution is 2.31. The van der Waals surface area contributed by atoms with Crippen LogP contribution in [0.25, 0.3) is 0 Å². The molecule has 66 heavy (non-hydrogen) atoms. The minimum absolute atomic E-state index is 0.100. The van der Waals surface area contributed by atoms with Gasteiger partial charge in [-0.25, -0.2) is 0 Å². The Hall–Kier alpha value is -8.64. The molecule has 0 fully saturated rings. The summed E-state index contributed by atoms with van der Waals surface area (Å²) in [5.74, 6) is -2.30. The van der Waals surface area contributed by atoms with Crippen LogP contribution in [0.3, 0.4) is 0 Å². The maximum Gasteiger partial charge on any atom is 0.251 e. The van der Waals surface area contributed by atoms with E-state index in [0.717, 1.165) is 0 Å². The summed E-state index contributed by atoms with van der Waals surface area (Å²) in [6.45, 7) is -0.603. The molecule has 0 saturated heterocycles. The number of carbonyl (C=O) groups is 6. The van der Waals surface area contributed by atoms with Gasteiger partial charge in [0.2, 0.25) is 0 Å². The van der Waals surface area contributed by atoms with Crippen molar-refractivity contribution in [2.24, 2.45) is 0 Å². The summed E-state index contributed by atoms with van der Waals surface area (Å²) >= 11 is 0. The third-order valence-corrected chi connectivity index (χ3v) is 11.0. The number of carbonyl (C=O) groups excluding carboxylic acids is 6. The zero-order valence-corrected chi connectivity index (χ0v) is 36.0. The van der Waals surface area contributed by atoms with Crippen molar-refractivity contribution in [2.45, 2.75) is 39.3 Å². The summed E-state index contributed by atoms with van der Waals surface area (Å²) in [5.41, 5.74) is 5.55. The Labute approximate surface area is 382 Å². The monoisotopic (exact) mass is 876 g/mol. The van der Waals surface area contributed by atoms with Crippen LogP contribution in [-0.2, 0) is 39.3 Å². The second-order valence-corrected chi connectivity index (χ2v) is 15.2. The lowest BCUT2D eigenvalue weighted by Gasteiger charge is -2.28. The number of hydrogen-bond acceptors (Lipinski definition) is 6. The normalized spacial score (nSPS) is 10.5. The van der Waals surface area contributed by atoms with Crippen LogP contribution in [0.5, 0.6) is 0 Å². The molecule has 0 aliphatic heterocycles. The molecule has 0 bridgehead atoms. The first-order valence-corrected chi connectivity index (χ1v) is 21.4. The SMILES string of the molecule is O=C(NCc1c(CNC(=O)c2ccccc2)c(CNC(=O)c2ccccc2)c(CNC(=O)c2ccccc2)c(CNC(=O)c2ccccc2)c1CNC(=O)c1ccccc1)c1ccccc1. The first-order chi connectivity index (χ1) is 32.3. The zero-order valence-electron chi connectivity index (χ0n) is 36.0. The molecule has 0 atom stereocenters. The predicted molar refractivity (Wildman–Crippen MR) is 252 cm³/mol. The van der Waals surface area contributed by atoms with Crippen molar-refractivity contribution >= 4 is 35.4 Å². The van der Waals surface area contributed by atoms with Crippen LogP contribution >= 0.6 is 0 Å². The Morgan fingerprint density at radius 3 is 0.455 bits per heavy atom. The smallest absolute Gasteiger partial charge is 0.251 e. The van der Waals surface area contributed by atoms with Crippen molar-refractivity contribution in [3.63, 3.8) is 0 Å². The molecule has 12 nitrogen and oxygen atoms in total. The van der Waals surface area contributed by atoms with Gasteiger partial charge >= 0.3 is 0 Å². The Morgan fingerprint density at radius 2 is 0.333 bits per heavy atom. The second kappa shape index (κ2) is 22.6. The topological polar surface area (TPSA) is 175 Å². The molecule has 7 aromatic rings. The van der Waals surface area contributed by atoms with Crippen LogP contribution in [0.1, 0.15) is 95.5 Å². The molecule has 330 valence electrons. The molecule has 6 amide bonds. The van der Waals surface area contributed by atoms with Gasteiger partial charge in [-0.15, -0.1) is 0 Å². The van der Waals surface area contributed by atoms with Gasteiger partial charge in [-0.2, -0.15) is 0 Å². The number of rotatable bonds is 18. The lowest BCUT2D eigenvalue weighted by Crippen LogP contribution is -2.35. The van der Waals surface area contributed by atoms with E-state index in [1.54, 1.807) is 182 Å². The number of benzene rings is 7. The molecule has 0 radical (unpaired) electrons. The van der Waals surface area contributed by atoms with Crippen LogP contribution in [0.2, 0.25) is 0 Å². The third-order valence-electron chi connectivity index (χ3n) is 11.0. The van der Waals surface area contributed by atoms with Crippen molar-refractivity contribution in [3.8, 4) is 0 Å². The lowest BCUT2D eigenvalue weighted by atomic mass is 9.85.